The highest BCUT2D eigenvalue weighted by Crippen LogP contribution is 2.18. The van der Waals surface area contributed by atoms with E-state index in [1.807, 2.05) is 13.8 Å². The van der Waals surface area contributed by atoms with Crippen molar-refractivity contribution in [2.75, 3.05) is 11.9 Å². The predicted molar refractivity (Wildman–Crippen MR) is 72.4 cm³/mol. The van der Waals surface area contributed by atoms with Crippen molar-refractivity contribution in [2.45, 2.75) is 13.8 Å². The Morgan fingerprint density at radius 3 is 2.67 bits per heavy atom. The van der Waals surface area contributed by atoms with Crippen LogP contribution in [0, 0.1) is 6.92 Å². The lowest BCUT2D eigenvalue weighted by Gasteiger charge is -2.04. The molecule has 0 saturated heterocycles. The van der Waals surface area contributed by atoms with Crippen molar-refractivity contribution in [1.82, 2.24) is 4.98 Å². The number of thiazole rings is 1. The Balaban J connectivity index is 2.04. The molecule has 0 atom stereocenters. The maximum Gasteiger partial charge on any atom is 0.257 e. The molecule has 0 saturated carbocycles. The van der Waals surface area contributed by atoms with Crippen molar-refractivity contribution in [3.63, 3.8) is 0 Å². The fourth-order valence-corrected chi connectivity index (χ4v) is 2.11. The van der Waals surface area contributed by atoms with Gasteiger partial charge in [-0.05, 0) is 38.1 Å². The number of benzene rings is 1. The highest BCUT2D eigenvalue weighted by Gasteiger charge is 2.08. The van der Waals surface area contributed by atoms with Gasteiger partial charge in [0.15, 0.2) is 5.13 Å². The Bertz CT molecular complexity index is 534. The lowest BCUT2D eigenvalue weighted by molar-refractivity contribution is 0.102. The molecule has 18 heavy (non-hydrogen) atoms. The summed E-state index contributed by atoms with van der Waals surface area (Å²) in [5, 5.41) is 3.38. The van der Waals surface area contributed by atoms with E-state index in [1.165, 1.54) is 11.3 Å². The molecule has 0 radical (unpaired) electrons. The number of hydrogen-bond acceptors (Lipinski definition) is 4. The van der Waals surface area contributed by atoms with Crippen LogP contribution in [0.1, 0.15) is 22.2 Å². The molecule has 0 aliphatic carbocycles. The first-order valence-corrected chi connectivity index (χ1v) is 6.47. The highest BCUT2D eigenvalue weighted by molar-refractivity contribution is 7.15. The average Bonchev–Trinajstić information content (AvgIpc) is 2.76. The van der Waals surface area contributed by atoms with Crippen LogP contribution in [0.2, 0.25) is 0 Å². The maximum absolute atomic E-state index is 11.9. The van der Waals surface area contributed by atoms with Crippen molar-refractivity contribution < 1.29 is 9.53 Å². The van der Waals surface area contributed by atoms with Crippen molar-refractivity contribution in [1.29, 1.82) is 0 Å². The molecule has 0 aliphatic rings. The molecule has 0 aliphatic heterocycles. The predicted octanol–water partition coefficient (Wildman–Crippen LogP) is 3.10. The molecule has 1 aromatic carbocycles. The van der Waals surface area contributed by atoms with Crippen molar-refractivity contribution in [2.24, 2.45) is 0 Å². The number of carbonyl (C=O) groups is 1. The first-order valence-electron chi connectivity index (χ1n) is 5.65. The molecule has 1 aromatic heterocycles. The van der Waals surface area contributed by atoms with Crippen molar-refractivity contribution in [3.8, 4) is 5.75 Å². The molecule has 94 valence electrons. The van der Waals surface area contributed by atoms with E-state index in [2.05, 4.69) is 10.3 Å². The summed E-state index contributed by atoms with van der Waals surface area (Å²) < 4.78 is 5.32. The van der Waals surface area contributed by atoms with Crippen LogP contribution in [0.15, 0.2) is 30.5 Å². The van der Waals surface area contributed by atoms with E-state index in [0.29, 0.717) is 17.3 Å². The van der Waals surface area contributed by atoms with E-state index in [-0.39, 0.29) is 5.91 Å². The van der Waals surface area contributed by atoms with Crippen molar-refractivity contribution in [3.05, 3.63) is 40.9 Å². The number of carbonyl (C=O) groups excluding carboxylic acids is 1. The van der Waals surface area contributed by atoms with E-state index in [1.54, 1.807) is 30.5 Å². The van der Waals surface area contributed by atoms with Gasteiger partial charge in [-0.2, -0.15) is 0 Å². The van der Waals surface area contributed by atoms with E-state index >= 15 is 0 Å². The molecule has 2 aromatic rings. The van der Waals surface area contributed by atoms with Gasteiger partial charge in [0.25, 0.3) is 5.91 Å². The molecule has 0 unspecified atom stereocenters. The van der Waals surface area contributed by atoms with Crippen LogP contribution in [-0.4, -0.2) is 17.5 Å². The molecule has 0 bridgehead atoms. The topological polar surface area (TPSA) is 51.2 Å². The smallest absolute Gasteiger partial charge is 0.257 e. The van der Waals surface area contributed by atoms with Crippen molar-refractivity contribution >= 4 is 22.4 Å². The van der Waals surface area contributed by atoms with Crippen LogP contribution in [0.5, 0.6) is 5.75 Å². The molecule has 5 heteroatoms. The summed E-state index contributed by atoms with van der Waals surface area (Å²) in [6.45, 7) is 4.49. The molecule has 1 N–H and O–H groups in total. The monoisotopic (exact) mass is 262 g/mol. The SMILES string of the molecule is CCOc1ccc(C(=O)Nc2ncc(C)s2)cc1. The van der Waals surface area contributed by atoms with Gasteiger partial charge in [0, 0.05) is 16.6 Å². The van der Waals surface area contributed by atoms with E-state index < -0.39 is 0 Å². The van der Waals surface area contributed by atoms with Gasteiger partial charge >= 0.3 is 0 Å². The van der Waals surface area contributed by atoms with E-state index in [9.17, 15) is 4.79 Å². The molecular weight excluding hydrogens is 248 g/mol. The van der Waals surface area contributed by atoms with Crippen LogP contribution >= 0.6 is 11.3 Å². The average molecular weight is 262 g/mol. The third kappa shape index (κ3) is 3.07. The summed E-state index contributed by atoms with van der Waals surface area (Å²) in [5.74, 6) is 0.603. The zero-order valence-corrected chi connectivity index (χ0v) is 11.1. The second kappa shape index (κ2) is 5.64. The number of nitrogens with one attached hydrogen (secondary N) is 1. The van der Waals surface area contributed by atoms with E-state index in [4.69, 9.17) is 4.74 Å². The Kier molecular flexibility index (Phi) is 3.94. The Morgan fingerprint density at radius 2 is 2.11 bits per heavy atom. The van der Waals surface area contributed by atoms with Gasteiger partial charge in [0.2, 0.25) is 0 Å². The third-order valence-corrected chi connectivity index (χ3v) is 3.10. The van der Waals surface area contributed by atoms with Gasteiger partial charge in [-0.25, -0.2) is 4.98 Å². The number of amides is 1. The van der Waals surface area contributed by atoms with Crippen LogP contribution in [0.25, 0.3) is 0 Å². The van der Waals surface area contributed by atoms with Gasteiger partial charge in [-0.3, -0.25) is 10.1 Å². The number of hydrogen-bond donors (Lipinski definition) is 1. The minimum atomic E-state index is -0.160. The van der Waals surface area contributed by atoms with Crippen LogP contribution in [-0.2, 0) is 0 Å². The standard InChI is InChI=1S/C13H14N2O2S/c1-3-17-11-6-4-10(5-7-11)12(16)15-13-14-8-9(2)18-13/h4-8H,3H2,1-2H3,(H,14,15,16). The number of ether oxygens (including phenoxy) is 1. The van der Waals surface area contributed by atoms with Gasteiger partial charge in [-0.1, -0.05) is 0 Å². The summed E-state index contributed by atoms with van der Waals surface area (Å²) in [7, 11) is 0. The number of aryl methyl sites for hydroxylation is 1. The van der Waals surface area contributed by atoms with Gasteiger partial charge in [0.1, 0.15) is 5.75 Å². The summed E-state index contributed by atoms with van der Waals surface area (Å²) in [5.41, 5.74) is 0.589. The molecule has 1 heterocycles. The van der Waals surface area contributed by atoms with Crippen LogP contribution in [0.3, 0.4) is 0 Å². The second-order valence-corrected chi connectivity index (χ2v) is 4.92. The molecule has 2 rings (SSSR count). The minimum absolute atomic E-state index is 0.160. The normalized spacial score (nSPS) is 10.1. The summed E-state index contributed by atoms with van der Waals surface area (Å²) in [6.07, 6.45) is 1.73. The lowest BCUT2D eigenvalue weighted by Crippen LogP contribution is -2.11. The Hall–Kier alpha value is -1.88. The molecule has 0 spiro atoms. The second-order valence-electron chi connectivity index (χ2n) is 3.69. The molecular formula is C13H14N2O2S. The third-order valence-electron chi connectivity index (χ3n) is 2.27. The molecule has 0 fully saturated rings. The van der Waals surface area contributed by atoms with Crippen LogP contribution < -0.4 is 10.1 Å². The number of rotatable bonds is 4. The first kappa shape index (κ1) is 12.6. The lowest BCUT2D eigenvalue weighted by atomic mass is 10.2. The summed E-state index contributed by atoms with van der Waals surface area (Å²) in [6, 6.07) is 7.04. The number of anilines is 1. The van der Waals surface area contributed by atoms with E-state index in [0.717, 1.165) is 10.6 Å². The van der Waals surface area contributed by atoms with Gasteiger partial charge in [0.05, 0.1) is 6.61 Å². The number of nitrogens with zero attached hydrogens (tertiary/aromatic N) is 1. The first-order chi connectivity index (χ1) is 8.69. The van der Waals surface area contributed by atoms with Gasteiger partial charge in [-0.15, -0.1) is 11.3 Å². The highest BCUT2D eigenvalue weighted by atomic mass is 32.1. The van der Waals surface area contributed by atoms with Crippen LogP contribution in [0.4, 0.5) is 5.13 Å². The van der Waals surface area contributed by atoms with Gasteiger partial charge < -0.3 is 4.74 Å². The zero-order chi connectivity index (χ0) is 13.0. The molecule has 1 amide bonds. The largest absolute Gasteiger partial charge is 0.494 e. The molecule has 4 nitrogen and oxygen atoms in total. The minimum Gasteiger partial charge on any atom is -0.494 e. The zero-order valence-electron chi connectivity index (χ0n) is 10.3. The summed E-state index contributed by atoms with van der Waals surface area (Å²) in [4.78, 5) is 17.1. The Morgan fingerprint density at radius 1 is 1.39 bits per heavy atom. The Labute approximate surface area is 110 Å². The fourth-order valence-electron chi connectivity index (χ4n) is 1.45. The number of aromatic nitrogens is 1. The quantitative estimate of drug-likeness (QED) is 0.921. The maximum atomic E-state index is 11.9. The fraction of sp³-hybridized carbons (Fsp3) is 0.231. The summed E-state index contributed by atoms with van der Waals surface area (Å²) >= 11 is 1.45.